The minimum Gasteiger partial charge on any atom is -0.492 e. The Morgan fingerprint density at radius 1 is 0.750 bits per heavy atom. The van der Waals surface area contributed by atoms with Crippen molar-refractivity contribution in [2.45, 2.75) is 111 Å². The standard InChI is InChI=1S/C34H54N4O2/c1-31(2,3)29-24-38-23-28(39-18-13-16-35-32(4,5)6)20-25(30(38)37-29)22-34(10,11)26-14-12-15-27(21-26)40-19-17-36-33(7,8)9/h12,14-15,20-21,23-24,35-36H,13,16-19,22H2,1-11H3. The molecule has 6 nitrogen and oxygen atoms in total. The first-order valence-electron chi connectivity index (χ1n) is 14.8. The summed E-state index contributed by atoms with van der Waals surface area (Å²) in [6, 6.07) is 10.7. The van der Waals surface area contributed by atoms with Gasteiger partial charge in [-0.3, -0.25) is 0 Å². The Labute approximate surface area is 243 Å². The normalized spacial score (nSPS) is 13.2. The van der Waals surface area contributed by atoms with Crippen molar-refractivity contribution in [3.63, 3.8) is 0 Å². The SMILES string of the molecule is CC(C)(C)NCCCOc1cc(CC(C)(C)c2cccc(OCCNC(C)(C)C)c2)c2nc(C(C)(C)C)cn2c1. The van der Waals surface area contributed by atoms with E-state index in [2.05, 4.69) is 128 Å². The largest absolute Gasteiger partial charge is 0.492 e. The van der Waals surface area contributed by atoms with E-state index in [-0.39, 0.29) is 21.9 Å². The zero-order valence-corrected chi connectivity index (χ0v) is 27.0. The molecule has 222 valence electrons. The van der Waals surface area contributed by atoms with Crippen LogP contribution in [0.2, 0.25) is 0 Å². The van der Waals surface area contributed by atoms with Crippen LogP contribution in [0.5, 0.6) is 11.5 Å². The lowest BCUT2D eigenvalue weighted by atomic mass is 9.79. The second-order valence-electron chi connectivity index (χ2n) is 14.8. The van der Waals surface area contributed by atoms with E-state index in [1.165, 1.54) is 11.1 Å². The Morgan fingerprint density at radius 3 is 2.05 bits per heavy atom. The molecule has 0 fully saturated rings. The van der Waals surface area contributed by atoms with E-state index in [0.29, 0.717) is 13.2 Å². The van der Waals surface area contributed by atoms with E-state index < -0.39 is 0 Å². The van der Waals surface area contributed by atoms with Crippen molar-refractivity contribution in [2.75, 3.05) is 26.3 Å². The number of imidazole rings is 1. The topological polar surface area (TPSA) is 59.8 Å². The van der Waals surface area contributed by atoms with Gasteiger partial charge in [-0.05, 0) is 95.7 Å². The average Bonchev–Trinajstić information content (AvgIpc) is 3.26. The van der Waals surface area contributed by atoms with Crippen LogP contribution in [0.3, 0.4) is 0 Å². The van der Waals surface area contributed by atoms with Crippen LogP contribution >= 0.6 is 0 Å². The van der Waals surface area contributed by atoms with E-state index >= 15 is 0 Å². The molecule has 3 aromatic rings. The molecule has 40 heavy (non-hydrogen) atoms. The highest BCUT2D eigenvalue weighted by molar-refractivity contribution is 5.54. The molecule has 2 aromatic heterocycles. The Bertz CT molecular complexity index is 1240. The molecule has 6 heteroatoms. The number of benzene rings is 1. The maximum atomic E-state index is 6.27. The molecule has 0 aliphatic carbocycles. The van der Waals surface area contributed by atoms with Crippen LogP contribution < -0.4 is 20.1 Å². The molecule has 2 N–H and O–H groups in total. The second kappa shape index (κ2) is 12.5. The molecule has 0 spiro atoms. The summed E-state index contributed by atoms with van der Waals surface area (Å²) >= 11 is 0. The minimum absolute atomic E-state index is 0.0357. The van der Waals surface area contributed by atoms with Gasteiger partial charge in [0.1, 0.15) is 23.8 Å². The van der Waals surface area contributed by atoms with Gasteiger partial charge in [0.15, 0.2) is 0 Å². The molecular weight excluding hydrogens is 496 g/mol. The van der Waals surface area contributed by atoms with Crippen molar-refractivity contribution in [3.8, 4) is 11.5 Å². The van der Waals surface area contributed by atoms with Crippen molar-refractivity contribution in [3.05, 3.63) is 59.5 Å². The van der Waals surface area contributed by atoms with Gasteiger partial charge in [-0.15, -0.1) is 0 Å². The first kappa shape index (κ1) is 32.0. The van der Waals surface area contributed by atoms with Gasteiger partial charge in [0.2, 0.25) is 0 Å². The monoisotopic (exact) mass is 550 g/mol. The number of ether oxygens (including phenoxy) is 2. The molecule has 2 heterocycles. The maximum Gasteiger partial charge on any atom is 0.140 e. The van der Waals surface area contributed by atoms with E-state index in [1.54, 1.807) is 0 Å². The zero-order valence-electron chi connectivity index (χ0n) is 27.0. The van der Waals surface area contributed by atoms with E-state index in [4.69, 9.17) is 14.5 Å². The van der Waals surface area contributed by atoms with Crippen molar-refractivity contribution < 1.29 is 9.47 Å². The summed E-state index contributed by atoms with van der Waals surface area (Å²) in [5, 5.41) is 7.02. The molecule has 0 aliphatic heterocycles. The number of hydrogen-bond acceptors (Lipinski definition) is 5. The Kier molecular flexibility index (Phi) is 10.0. The molecule has 1 aromatic carbocycles. The summed E-state index contributed by atoms with van der Waals surface area (Å²) in [7, 11) is 0. The number of nitrogens with zero attached hydrogens (tertiary/aromatic N) is 2. The van der Waals surface area contributed by atoms with Gasteiger partial charge in [-0.25, -0.2) is 4.98 Å². The molecular formula is C34H54N4O2. The summed E-state index contributed by atoms with van der Waals surface area (Å²) in [4.78, 5) is 5.09. The predicted octanol–water partition coefficient (Wildman–Crippen LogP) is 7.08. The number of fused-ring (bicyclic) bond motifs is 1. The number of nitrogens with one attached hydrogen (secondary N) is 2. The molecule has 0 saturated heterocycles. The molecule has 0 unspecified atom stereocenters. The van der Waals surface area contributed by atoms with Gasteiger partial charge < -0.3 is 24.5 Å². The van der Waals surface area contributed by atoms with Gasteiger partial charge in [0.05, 0.1) is 18.5 Å². The van der Waals surface area contributed by atoms with Crippen LogP contribution in [-0.2, 0) is 17.3 Å². The van der Waals surface area contributed by atoms with Crippen LogP contribution in [0.15, 0.2) is 42.7 Å². The molecule has 0 aliphatic rings. The third-order valence-corrected chi connectivity index (χ3v) is 6.89. The second-order valence-corrected chi connectivity index (χ2v) is 14.8. The quantitative estimate of drug-likeness (QED) is 0.236. The minimum atomic E-state index is -0.132. The summed E-state index contributed by atoms with van der Waals surface area (Å²) < 4.78 is 14.5. The van der Waals surface area contributed by atoms with E-state index in [0.717, 1.165) is 48.8 Å². The number of aromatic nitrogens is 2. The van der Waals surface area contributed by atoms with Gasteiger partial charge >= 0.3 is 0 Å². The lowest BCUT2D eigenvalue weighted by Gasteiger charge is -2.27. The Hall–Kier alpha value is -2.57. The fraction of sp³-hybridized carbons (Fsp3) is 0.618. The summed E-state index contributed by atoms with van der Waals surface area (Å²) in [6.07, 6.45) is 6.01. The van der Waals surface area contributed by atoms with Crippen molar-refractivity contribution in [1.82, 2.24) is 20.0 Å². The Balaban J connectivity index is 1.81. The fourth-order valence-corrected chi connectivity index (χ4v) is 4.62. The highest BCUT2D eigenvalue weighted by atomic mass is 16.5. The number of hydrogen-bond donors (Lipinski definition) is 2. The zero-order chi connectivity index (χ0) is 29.8. The predicted molar refractivity (Wildman–Crippen MR) is 168 cm³/mol. The van der Waals surface area contributed by atoms with E-state index in [9.17, 15) is 0 Å². The maximum absolute atomic E-state index is 6.27. The summed E-state index contributed by atoms with van der Waals surface area (Å²) in [5.74, 6) is 1.79. The smallest absolute Gasteiger partial charge is 0.140 e. The molecule has 3 rings (SSSR count). The van der Waals surface area contributed by atoms with Gasteiger partial charge in [-0.2, -0.15) is 0 Å². The van der Waals surface area contributed by atoms with Crippen LogP contribution in [-0.4, -0.2) is 46.8 Å². The molecule has 0 radical (unpaired) electrons. The summed E-state index contributed by atoms with van der Waals surface area (Å²) in [6.45, 7) is 27.3. The van der Waals surface area contributed by atoms with Crippen LogP contribution in [0.1, 0.15) is 99.4 Å². The molecule has 0 bridgehead atoms. The van der Waals surface area contributed by atoms with Crippen LogP contribution in [0, 0.1) is 0 Å². The van der Waals surface area contributed by atoms with E-state index in [1.807, 2.05) is 6.07 Å². The first-order chi connectivity index (χ1) is 18.4. The van der Waals surface area contributed by atoms with Crippen LogP contribution in [0.25, 0.3) is 5.65 Å². The third-order valence-electron chi connectivity index (χ3n) is 6.89. The lowest BCUT2D eigenvalue weighted by molar-refractivity contribution is 0.290. The van der Waals surface area contributed by atoms with Gasteiger partial charge in [0, 0.05) is 29.2 Å². The molecule has 0 amide bonds. The van der Waals surface area contributed by atoms with Gasteiger partial charge in [-0.1, -0.05) is 46.8 Å². The highest BCUT2D eigenvalue weighted by Gasteiger charge is 2.26. The van der Waals surface area contributed by atoms with Crippen molar-refractivity contribution in [2.24, 2.45) is 0 Å². The number of pyridine rings is 1. The molecule has 0 atom stereocenters. The molecule has 0 saturated carbocycles. The van der Waals surface area contributed by atoms with Gasteiger partial charge in [0.25, 0.3) is 0 Å². The first-order valence-corrected chi connectivity index (χ1v) is 14.8. The van der Waals surface area contributed by atoms with Crippen molar-refractivity contribution in [1.29, 1.82) is 0 Å². The third kappa shape index (κ3) is 9.81. The summed E-state index contributed by atoms with van der Waals surface area (Å²) in [5.41, 5.74) is 4.54. The van der Waals surface area contributed by atoms with Crippen molar-refractivity contribution >= 4 is 5.65 Å². The highest BCUT2D eigenvalue weighted by Crippen LogP contribution is 2.33. The fourth-order valence-electron chi connectivity index (χ4n) is 4.62. The average molecular weight is 551 g/mol. The van der Waals surface area contributed by atoms with Crippen LogP contribution in [0.4, 0.5) is 0 Å². The lowest BCUT2D eigenvalue weighted by Crippen LogP contribution is -2.38. The number of rotatable bonds is 12. The Morgan fingerprint density at radius 2 is 1.40 bits per heavy atom.